The van der Waals surface area contributed by atoms with Crippen LogP contribution in [0.25, 0.3) is 0 Å². The summed E-state index contributed by atoms with van der Waals surface area (Å²) in [4.78, 5) is 28.4. The molecule has 29 heavy (non-hydrogen) atoms. The van der Waals surface area contributed by atoms with E-state index in [-0.39, 0.29) is 29.8 Å². The number of nitrogen functional groups attached to an aromatic ring is 1. The molecule has 0 unspecified atom stereocenters. The lowest BCUT2D eigenvalue weighted by atomic mass is 9.86. The van der Waals surface area contributed by atoms with Crippen LogP contribution in [-0.4, -0.2) is 62.1 Å². The number of methoxy groups -OCH3 is 1. The van der Waals surface area contributed by atoms with E-state index < -0.39 is 0 Å². The molecule has 0 bridgehead atoms. The predicted molar refractivity (Wildman–Crippen MR) is 112 cm³/mol. The van der Waals surface area contributed by atoms with Crippen molar-refractivity contribution in [2.45, 2.75) is 38.6 Å². The van der Waals surface area contributed by atoms with Gasteiger partial charge in [0, 0.05) is 43.5 Å². The quantitative estimate of drug-likeness (QED) is 0.405. The van der Waals surface area contributed by atoms with E-state index in [4.69, 9.17) is 15.9 Å². The molecule has 3 rings (SSSR count). The summed E-state index contributed by atoms with van der Waals surface area (Å²) in [5.41, 5.74) is 8.50. The molecule has 8 heteroatoms. The Morgan fingerprint density at radius 1 is 1.14 bits per heavy atom. The largest absolute Gasteiger partial charge is 0.469 e. The van der Waals surface area contributed by atoms with Crippen LogP contribution in [0.1, 0.15) is 36.8 Å². The lowest BCUT2D eigenvalue weighted by Crippen LogP contribution is -2.54. The summed E-state index contributed by atoms with van der Waals surface area (Å²) in [6.07, 6.45) is 3.15. The first-order chi connectivity index (χ1) is 13.9. The third kappa shape index (κ3) is 4.99. The number of nitrogens with zero attached hydrogens (tertiary/aromatic N) is 2. The van der Waals surface area contributed by atoms with Crippen LogP contribution in [0.2, 0.25) is 0 Å². The summed E-state index contributed by atoms with van der Waals surface area (Å²) in [5, 5.41) is 10.7. The number of nitrogens with one attached hydrogen (secondary N) is 2. The fourth-order valence-electron chi connectivity index (χ4n) is 4.23. The highest BCUT2D eigenvalue weighted by atomic mass is 16.5. The van der Waals surface area contributed by atoms with Crippen molar-refractivity contribution in [2.75, 3.05) is 38.2 Å². The number of esters is 1. The maximum Gasteiger partial charge on any atom is 0.317 e. The molecule has 1 aromatic carbocycles. The third-order valence-corrected chi connectivity index (χ3v) is 6.00. The molecule has 158 valence electrons. The fourth-order valence-corrected chi connectivity index (χ4v) is 4.23. The first-order valence-corrected chi connectivity index (χ1v) is 10.2. The van der Waals surface area contributed by atoms with Crippen LogP contribution >= 0.6 is 0 Å². The van der Waals surface area contributed by atoms with Crippen LogP contribution in [0.3, 0.4) is 0 Å². The van der Waals surface area contributed by atoms with Crippen molar-refractivity contribution in [3.05, 3.63) is 29.3 Å². The smallest absolute Gasteiger partial charge is 0.317 e. The number of urea groups is 1. The molecule has 2 aliphatic rings. The van der Waals surface area contributed by atoms with Crippen molar-refractivity contribution in [2.24, 2.45) is 11.7 Å². The van der Waals surface area contributed by atoms with Crippen LogP contribution in [0.5, 0.6) is 0 Å². The van der Waals surface area contributed by atoms with Crippen molar-refractivity contribution in [3.63, 3.8) is 0 Å². The average molecular weight is 402 g/mol. The zero-order chi connectivity index (χ0) is 21.0. The molecule has 1 aromatic rings. The second kappa shape index (κ2) is 9.15. The highest BCUT2D eigenvalue weighted by Crippen LogP contribution is 2.26. The highest BCUT2D eigenvalue weighted by Gasteiger charge is 2.29. The van der Waals surface area contributed by atoms with Crippen molar-refractivity contribution in [1.29, 1.82) is 5.41 Å². The van der Waals surface area contributed by atoms with E-state index in [1.54, 1.807) is 0 Å². The molecule has 0 atom stereocenters. The topological polar surface area (TPSA) is 112 Å². The Kier molecular flexibility index (Phi) is 6.61. The van der Waals surface area contributed by atoms with Gasteiger partial charge >= 0.3 is 12.0 Å². The molecule has 1 saturated carbocycles. The van der Waals surface area contributed by atoms with Gasteiger partial charge in [-0.05, 0) is 56.4 Å². The van der Waals surface area contributed by atoms with E-state index in [2.05, 4.69) is 10.2 Å². The maximum atomic E-state index is 12.6. The maximum absolute atomic E-state index is 12.6. The van der Waals surface area contributed by atoms with Gasteiger partial charge in [0.2, 0.25) is 0 Å². The van der Waals surface area contributed by atoms with E-state index in [1.165, 1.54) is 7.11 Å². The second-order valence-corrected chi connectivity index (χ2v) is 7.91. The number of nitrogens with two attached hydrogens (primary N) is 1. The summed E-state index contributed by atoms with van der Waals surface area (Å²) in [6, 6.07) is 5.91. The van der Waals surface area contributed by atoms with Crippen molar-refractivity contribution < 1.29 is 14.3 Å². The van der Waals surface area contributed by atoms with Crippen LogP contribution in [0.4, 0.5) is 10.5 Å². The van der Waals surface area contributed by atoms with Crippen molar-refractivity contribution in [3.8, 4) is 0 Å². The molecule has 1 heterocycles. The molecule has 0 radical (unpaired) electrons. The average Bonchev–Trinajstić information content (AvgIpc) is 2.73. The van der Waals surface area contributed by atoms with Gasteiger partial charge in [0.15, 0.2) is 0 Å². The van der Waals surface area contributed by atoms with Crippen LogP contribution in [0.15, 0.2) is 18.2 Å². The fraction of sp³-hybridized carbons (Fsp3) is 0.571. The molecule has 2 amide bonds. The lowest BCUT2D eigenvalue weighted by Gasteiger charge is -2.38. The van der Waals surface area contributed by atoms with Gasteiger partial charge in [-0.2, -0.15) is 0 Å². The Labute approximate surface area is 171 Å². The second-order valence-electron chi connectivity index (χ2n) is 7.91. The van der Waals surface area contributed by atoms with Gasteiger partial charge in [-0.1, -0.05) is 0 Å². The number of hydrogen-bond donors (Lipinski definition) is 3. The predicted octanol–water partition coefficient (Wildman–Crippen LogP) is 1.84. The lowest BCUT2D eigenvalue weighted by molar-refractivity contribution is -0.146. The van der Waals surface area contributed by atoms with E-state index in [9.17, 15) is 9.59 Å². The van der Waals surface area contributed by atoms with Gasteiger partial charge in [0.05, 0.1) is 13.0 Å². The number of amides is 2. The van der Waals surface area contributed by atoms with Gasteiger partial charge < -0.3 is 25.6 Å². The normalized spacial score (nSPS) is 22.1. The molecule has 8 nitrogen and oxygen atoms in total. The number of carbonyl (C=O) groups excluding carboxylic acids is 2. The number of rotatable bonds is 4. The SMILES string of the molecule is COC(=O)C1CCC(NC(=O)N2CCN(c3ccc(C(=N)N)cc3C)CC2)CC1. The van der Waals surface area contributed by atoms with E-state index in [0.717, 1.165) is 55.6 Å². The number of anilines is 1. The Balaban J connectivity index is 1.48. The van der Waals surface area contributed by atoms with E-state index >= 15 is 0 Å². The summed E-state index contributed by atoms with van der Waals surface area (Å²) in [5.74, 6) is -0.103. The van der Waals surface area contributed by atoms with Crippen LogP contribution in [-0.2, 0) is 9.53 Å². The summed E-state index contributed by atoms with van der Waals surface area (Å²) >= 11 is 0. The monoisotopic (exact) mass is 401 g/mol. The van der Waals surface area contributed by atoms with Crippen LogP contribution < -0.4 is 16.0 Å². The minimum atomic E-state index is -0.141. The molecule has 1 aliphatic heterocycles. The number of ether oxygens (including phenoxy) is 1. The number of piperazine rings is 1. The number of hydrogen-bond acceptors (Lipinski definition) is 5. The minimum Gasteiger partial charge on any atom is -0.469 e. The Hall–Kier alpha value is -2.77. The third-order valence-electron chi connectivity index (χ3n) is 6.00. The molecular formula is C21H31N5O3. The zero-order valence-corrected chi connectivity index (χ0v) is 17.2. The standard InChI is InChI=1S/C21H31N5O3/c1-14-13-16(19(22)23)5-8-18(14)25-9-11-26(12-10-25)21(28)24-17-6-3-15(4-7-17)20(27)29-2/h5,8,13,15,17H,3-4,6-7,9-12H2,1-2H3,(H3,22,23)(H,24,28). The minimum absolute atomic E-state index is 0.0187. The Bertz CT molecular complexity index is 766. The molecule has 0 spiro atoms. The van der Waals surface area contributed by atoms with E-state index in [1.807, 2.05) is 30.0 Å². The van der Waals surface area contributed by atoms with Gasteiger partial charge in [0.25, 0.3) is 0 Å². The van der Waals surface area contributed by atoms with Crippen molar-refractivity contribution in [1.82, 2.24) is 10.2 Å². The number of carbonyl (C=O) groups is 2. The number of amidine groups is 1. The zero-order valence-electron chi connectivity index (χ0n) is 17.2. The molecule has 1 aliphatic carbocycles. The number of benzene rings is 1. The summed E-state index contributed by atoms with van der Waals surface area (Å²) < 4.78 is 4.82. The molecule has 1 saturated heterocycles. The molecular weight excluding hydrogens is 370 g/mol. The number of aryl methyl sites for hydroxylation is 1. The Morgan fingerprint density at radius 2 is 1.79 bits per heavy atom. The van der Waals surface area contributed by atoms with E-state index in [0.29, 0.717) is 13.1 Å². The highest BCUT2D eigenvalue weighted by molar-refractivity contribution is 5.95. The summed E-state index contributed by atoms with van der Waals surface area (Å²) in [7, 11) is 1.43. The van der Waals surface area contributed by atoms with Gasteiger partial charge in [-0.15, -0.1) is 0 Å². The molecule has 0 aromatic heterocycles. The van der Waals surface area contributed by atoms with Gasteiger partial charge in [0.1, 0.15) is 5.84 Å². The molecule has 2 fully saturated rings. The van der Waals surface area contributed by atoms with Crippen molar-refractivity contribution >= 4 is 23.5 Å². The first kappa shape index (κ1) is 21.0. The first-order valence-electron chi connectivity index (χ1n) is 10.2. The molecule has 4 N–H and O–H groups in total. The Morgan fingerprint density at radius 3 is 2.34 bits per heavy atom. The summed E-state index contributed by atoms with van der Waals surface area (Å²) in [6.45, 7) is 4.88. The van der Waals surface area contributed by atoms with Gasteiger partial charge in [-0.25, -0.2) is 4.79 Å². The van der Waals surface area contributed by atoms with Crippen LogP contribution in [0, 0.1) is 18.3 Å². The van der Waals surface area contributed by atoms with Gasteiger partial charge in [-0.3, -0.25) is 10.2 Å².